The van der Waals surface area contributed by atoms with Crippen LogP contribution in [0.5, 0.6) is 0 Å². The summed E-state index contributed by atoms with van der Waals surface area (Å²) in [5.74, 6) is 1.85. The fourth-order valence-electron chi connectivity index (χ4n) is 3.20. The van der Waals surface area contributed by atoms with Crippen molar-refractivity contribution in [1.82, 2.24) is 19.7 Å². The molecule has 134 valence electrons. The molecule has 1 aliphatic rings. The lowest BCUT2D eigenvalue weighted by Crippen LogP contribution is -2.21. The van der Waals surface area contributed by atoms with E-state index in [4.69, 9.17) is 11.6 Å². The van der Waals surface area contributed by atoms with Gasteiger partial charge in [-0.05, 0) is 55.8 Å². The highest BCUT2D eigenvalue weighted by atomic mass is 35.5. The average Bonchev–Trinajstić information content (AvgIpc) is 3.32. The molecule has 0 aliphatic carbocycles. The van der Waals surface area contributed by atoms with Gasteiger partial charge in [0.25, 0.3) is 0 Å². The van der Waals surface area contributed by atoms with Gasteiger partial charge in [0.2, 0.25) is 0 Å². The Morgan fingerprint density at radius 2 is 1.65 bits per heavy atom. The molecule has 0 N–H and O–H groups in total. The van der Waals surface area contributed by atoms with Crippen LogP contribution >= 0.6 is 23.4 Å². The second kappa shape index (κ2) is 8.25. The summed E-state index contributed by atoms with van der Waals surface area (Å²) in [6, 6.07) is 18.4. The minimum atomic E-state index is 0.763. The first-order chi connectivity index (χ1) is 12.8. The monoisotopic (exact) mass is 384 g/mol. The highest BCUT2D eigenvalue weighted by Gasteiger charge is 2.19. The van der Waals surface area contributed by atoms with Crippen molar-refractivity contribution in [3.63, 3.8) is 0 Å². The molecule has 0 amide bonds. The molecule has 0 spiro atoms. The van der Waals surface area contributed by atoms with Crippen molar-refractivity contribution in [3.05, 3.63) is 71.0 Å². The molecule has 0 atom stereocenters. The smallest absolute Gasteiger partial charge is 0.196 e. The maximum Gasteiger partial charge on any atom is 0.196 e. The Morgan fingerprint density at radius 3 is 2.38 bits per heavy atom. The Morgan fingerprint density at radius 1 is 0.923 bits per heavy atom. The van der Waals surface area contributed by atoms with Gasteiger partial charge in [-0.3, -0.25) is 9.47 Å². The van der Waals surface area contributed by atoms with Gasteiger partial charge in [-0.2, -0.15) is 0 Å². The van der Waals surface area contributed by atoms with Crippen LogP contribution in [0.1, 0.15) is 24.2 Å². The van der Waals surface area contributed by atoms with Crippen molar-refractivity contribution in [3.8, 4) is 5.69 Å². The number of thioether (sulfide) groups is 1. The highest BCUT2D eigenvalue weighted by molar-refractivity contribution is 7.98. The van der Waals surface area contributed by atoms with Gasteiger partial charge in [0, 0.05) is 16.5 Å². The van der Waals surface area contributed by atoms with E-state index in [0.717, 1.165) is 47.1 Å². The lowest BCUT2D eigenvalue weighted by molar-refractivity contribution is 0.319. The largest absolute Gasteiger partial charge is 0.296 e. The van der Waals surface area contributed by atoms with Crippen LogP contribution in [0.2, 0.25) is 5.02 Å². The Hall–Kier alpha value is -1.82. The van der Waals surface area contributed by atoms with Gasteiger partial charge in [0.15, 0.2) is 11.0 Å². The van der Waals surface area contributed by atoms with E-state index in [9.17, 15) is 0 Å². The Kier molecular flexibility index (Phi) is 5.58. The summed E-state index contributed by atoms with van der Waals surface area (Å²) in [4.78, 5) is 2.46. The van der Waals surface area contributed by atoms with Gasteiger partial charge in [-0.15, -0.1) is 10.2 Å². The summed E-state index contributed by atoms with van der Waals surface area (Å²) < 4.78 is 2.19. The fourth-order valence-corrected chi connectivity index (χ4v) is 4.25. The van der Waals surface area contributed by atoms with Crippen molar-refractivity contribution in [2.75, 3.05) is 13.1 Å². The molecule has 1 saturated heterocycles. The van der Waals surface area contributed by atoms with Crippen LogP contribution in [-0.2, 0) is 12.3 Å². The van der Waals surface area contributed by atoms with Crippen LogP contribution in [0.4, 0.5) is 0 Å². The first-order valence-electron chi connectivity index (χ1n) is 8.89. The molecule has 0 saturated carbocycles. The zero-order valence-electron chi connectivity index (χ0n) is 14.5. The van der Waals surface area contributed by atoms with Crippen molar-refractivity contribution in [1.29, 1.82) is 0 Å². The van der Waals surface area contributed by atoms with Crippen LogP contribution in [-0.4, -0.2) is 32.8 Å². The van der Waals surface area contributed by atoms with Crippen LogP contribution in [0.3, 0.4) is 0 Å². The van der Waals surface area contributed by atoms with Gasteiger partial charge in [0.1, 0.15) is 0 Å². The average molecular weight is 385 g/mol. The SMILES string of the molecule is Clc1ccc(CSc2nnc(CN3CCCC3)n2-c2ccccc2)cc1. The summed E-state index contributed by atoms with van der Waals surface area (Å²) in [5, 5.41) is 10.7. The molecule has 4 rings (SSSR count). The van der Waals surface area contributed by atoms with Gasteiger partial charge in [-0.1, -0.05) is 53.7 Å². The standard InChI is InChI=1S/C20H21ClN4S/c21-17-10-8-16(9-11-17)15-26-20-23-22-19(14-24-12-4-5-13-24)25(20)18-6-2-1-3-7-18/h1-3,6-11H,4-5,12-15H2. The molecular formula is C20H21ClN4S. The Labute approximate surface area is 163 Å². The minimum absolute atomic E-state index is 0.763. The lowest BCUT2D eigenvalue weighted by Gasteiger charge is -2.16. The number of para-hydroxylation sites is 1. The zero-order valence-corrected chi connectivity index (χ0v) is 16.1. The number of rotatable bonds is 6. The van der Waals surface area contributed by atoms with E-state index in [0.29, 0.717) is 0 Å². The highest BCUT2D eigenvalue weighted by Crippen LogP contribution is 2.26. The second-order valence-electron chi connectivity index (χ2n) is 6.47. The first kappa shape index (κ1) is 17.6. The molecule has 1 aromatic heterocycles. The molecule has 3 aromatic rings. The summed E-state index contributed by atoms with van der Waals surface area (Å²) in [6.45, 7) is 3.15. The maximum atomic E-state index is 5.98. The molecule has 0 unspecified atom stereocenters. The van der Waals surface area contributed by atoms with Crippen LogP contribution in [0, 0.1) is 0 Å². The zero-order chi connectivity index (χ0) is 17.8. The Balaban J connectivity index is 1.58. The summed E-state index contributed by atoms with van der Waals surface area (Å²) >= 11 is 7.69. The van der Waals surface area contributed by atoms with E-state index in [1.807, 2.05) is 18.2 Å². The van der Waals surface area contributed by atoms with E-state index >= 15 is 0 Å². The molecule has 26 heavy (non-hydrogen) atoms. The fraction of sp³-hybridized carbons (Fsp3) is 0.300. The maximum absolute atomic E-state index is 5.98. The van der Waals surface area contributed by atoms with Crippen LogP contribution in [0.25, 0.3) is 5.69 Å². The number of benzene rings is 2. The molecule has 1 aliphatic heterocycles. The molecule has 0 radical (unpaired) electrons. The van der Waals surface area contributed by atoms with E-state index in [1.54, 1.807) is 11.8 Å². The van der Waals surface area contributed by atoms with Gasteiger partial charge in [-0.25, -0.2) is 0 Å². The normalized spacial score (nSPS) is 14.8. The van der Waals surface area contributed by atoms with Crippen molar-refractivity contribution in [2.24, 2.45) is 0 Å². The summed E-state index contributed by atoms with van der Waals surface area (Å²) in [7, 11) is 0. The van der Waals surface area contributed by atoms with E-state index in [-0.39, 0.29) is 0 Å². The van der Waals surface area contributed by atoms with Crippen molar-refractivity contribution >= 4 is 23.4 Å². The van der Waals surface area contributed by atoms with E-state index in [2.05, 4.69) is 56.1 Å². The van der Waals surface area contributed by atoms with Crippen LogP contribution in [0.15, 0.2) is 59.8 Å². The number of halogens is 1. The third-order valence-electron chi connectivity index (χ3n) is 4.56. The van der Waals surface area contributed by atoms with Crippen LogP contribution < -0.4 is 0 Å². The number of likely N-dealkylation sites (tertiary alicyclic amines) is 1. The summed E-state index contributed by atoms with van der Waals surface area (Å²) in [5.41, 5.74) is 2.34. The molecule has 2 heterocycles. The molecule has 6 heteroatoms. The van der Waals surface area contributed by atoms with E-state index < -0.39 is 0 Å². The number of aromatic nitrogens is 3. The van der Waals surface area contributed by atoms with E-state index in [1.165, 1.54) is 18.4 Å². The number of nitrogens with zero attached hydrogens (tertiary/aromatic N) is 4. The summed E-state index contributed by atoms with van der Waals surface area (Å²) in [6.07, 6.45) is 2.55. The third kappa shape index (κ3) is 4.11. The molecule has 1 fully saturated rings. The predicted octanol–water partition coefficient (Wildman–Crippen LogP) is 4.81. The topological polar surface area (TPSA) is 34.0 Å². The quantitative estimate of drug-likeness (QED) is 0.571. The molecule has 4 nitrogen and oxygen atoms in total. The predicted molar refractivity (Wildman–Crippen MR) is 107 cm³/mol. The second-order valence-corrected chi connectivity index (χ2v) is 7.85. The number of hydrogen-bond donors (Lipinski definition) is 0. The molecular weight excluding hydrogens is 364 g/mol. The molecule has 2 aromatic carbocycles. The van der Waals surface area contributed by atoms with Gasteiger partial charge < -0.3 is 0 Å². The first-order valence-corrected chi connectivity index (χ1v) is 10.3. The minimum Gasteiger partial charge on any atom is -0.296 e. The third-order valence-corrected chi connectivity index (χ3v) is 5.81. The molecule has 0 bridgehead atoms. The van der Waals surface area contributed by atoms with Gasteiger partial charge in [0.05, 0.1) is 6.54 Å². The number of hydrogen-bond acceptors (Lipinski definition) is 4. The van der Waals surface area contributed by atoms with Crippen molar-refractivity contribution in [2.45, 2.75) is 30.3 Å². The van der Waals surface area contributed by atoms with Crippen molar-refractivity contribution < 1.29 is 0 Å². The van der Waals surface area contributed by atoms with Gasteiger partial charge >= 0.3 is 0 Å². The Bertz CT molecular complexity index is 842. The lowest BCUT2D eigenvalue weighted by atomic mass is 10.2.